The van der Waals surface area contributed by atoms with E-state index in [0.29, 0.717) is 18.7 Å². The quantitative estimate of drug-likeness (QED) is 0.560. The third kappa shape index (κ3) is 4.18. The molecule has 2 saturated heterocycles. The van der Waals surface area contributed by atoms with Gasteiger partial charge in [-0.05, 0) is 79.5 Å². The number of nitrogens with zero attached hydrogens (tertiary/aromatic N) is 3. The maximum Gasteiger partial charge on any atom is 0.250 e. The lowest BCUT2D eigenvalue weighted by Crippen LogP contribution is -2.38. The van der Waals surface area contributed by atoms with E-state index in [1.165, 1.54) is 12.8 Å². The smallest absolute Gasteiger partial charge is 0.250 e. The molecular weight excluding hydrogens is 450 g/mol. The number of aromatic amines is 1. The first-order chi connectivity index (χ1) is 16.4. The number of piperidine rings is 1. The van der Waals surface area contributed by atoms with E-state index in [2.05, 4.69) is 27.0 Å². The number of hydrogen-bond donors (Lipinski definition) is 2. The van der Waals surface area contributed by atoms with Crippen molar-refractivity contribution in [3.63, 3.8) is 0 Å². The number of nitrogens with two attached hydrogens (primary N) is 1. The lowest BCUT2D eigenvalue weighted by atomic mass is 9.88. The first-order valence-corrected chi connectivity index (χ1v) is 13.6. The maximum absolute atomic E-state index is 12.4. The number of pyridine rings is 1. The Labute approximate surface area is 200 Å². The predicted molar refractivity (Wildman–Crippen MR) is 135 cm³/mol. The molecule has 34 heavy (non-hydrogen) atoms. The second-order valence-corrected chi connectivity index (χ2v) is 11.5. The number of benzene rings is 1. The minimum absolute atomic E-state index is 0.126. The molecule has 0 spiro atoms. The molecule has 0 aliphatic carbocycles. The molecule has 2 aliphatic heterocycles. The van der Waals surface area contributed by atoms with Gasteiger partial charge in [-0.2, -0.15) is 0 Å². The molecule has 4 heterocycles. The first kappa shape index (κ1) is 22.9. The van der Waals surface area contributed by atoms with Gasteiger partial charge in [0.1, 0.15) is 5.82 Å². The number of carbonyl (C=O) groups excluding carboxylic acids is 1. The van der Waals surface area contributed by atoms with E-state index in [4.69, 9.17) is 5.73 Å². The highest BCUT2D eigenvalue weighted by atomic mass is 32.2. The third-order valence-electron chi connectivity index (χ3n) is 7.25. The molecule has 0 atom stereocenters. The zero-order chi connectivity index (χ0) is 23.9. The topological polar surface area (TPSA) is 112 Å². The van der Waals surface area contributed by atoms with Crippen LogP contribution in [0.1, 0.15) is 54.4 Å². The van der Waals surface area contributed by atoms with Gasteiger partial charge in [0.05, 0.1) is 16.8 Å². The van der Waals surface area contributed by atoms with Crippen LogP contribution in [0, 0.1) is 0 Å². The van der Waals surface area contributed by atoms with E-state index >= 15 is 0 Å². The monoisotopic (exact) mass is 481 g/mol. The van der Waals surface area contributed by atoms with Crippen LogP contribution in [0.15, 0.2) is 36.7 Å². The molecule has 3 aromatic rings. The normalized spacial score (nSPS) is 18.1. The number of sulfonamides is 1. The molecular formula is C25H31N5O3S. The molecule has 2 aromatic heterocycles. The number of fused-ring (bicyclic) bond motifs is 1. The van der Waals surface area contributed by atoms with Gasteiger partial charge in [-0.3, -0.25) is 4.79 Å². The van der Waals surface area contributed by atoms with Crippen molar-refractivity contribution in [2.45, 2.75) is 38.5 Å². The molecule has 3 N–H and O–H groups in total. The van der Waals surface area contributed by atoms with E-state index in [1.54, 1.807) is 11.2 Å². The Hall–Kier alpha value is -2.91. The molecule has 180 valence electrons. The van der Waals surface area contributed by atoms with E-state index in [1.807, 2.05) is 24.5 Å². The predicted octanol–water partition coefficient (Wildman–Crippen LogP) is 3.46. The molecule has 0 radical (unpaired) electrons. The van der Waals surface area contributed by atoms with Crippen molar-refractivity contribution in [3.05, 3.63) is 47.8 Å². The van der Waals surface area contributed by atoms with Crippen LogP contribution in [0.5, 0.6) is 0 Å². The molecule has 5 rings (SSSR count). The van der Waals surface area contributed by atoms with Crippen LogP contribution in [-0.4, -0.2) is 60.5 Å². The standard InChI is InChI=1S/C25H31N5O3S/c1-2-34(32,33)30-11-6-17(7-12-30)22-16-28-24-20(22)13-19(14-21(24)25(26)31)18-5-8-27-23(15-18)29-9-3-4-10-29/h5,8,13-17,28H,2-4,6-7,9-12H2,1H3,(H2,26,31). The van der Waals surface area contributed by atoms with Crippen molar-refractivity contribution < 1.29 is 13.2 Å². The van der Waals surface area contributed by atoms with Gasteiger partial charge in [-0.1, -0.05) is 0 Å². The second-order valence-electron chi connectivity index (χ2n) is 9.23. The van der Waals surface area contributed by atoms with Crippen molar-refractivity contribution in [1.82, 2.24) is 14.3 Å². The highest BCUT2D eigenvalue weighted by molar-refractivity contribution is 7.89. The Kier molecular flexibility index (Phi) is 6.07. The summed E-state index contributed by atoms with van der Waals surface area (Å²) in [6.45, 7) is 4.73. The summed E-state index contributed by atoms with van der Waals surface area (Å²) in [6.07, 6.45) is 7.62. The van der Waals surface area contributed by atoms with Gasteiger partial charge in [-0.15, -0.1) is 0 Å². The lowest BCUT2D eigenvalue weighted by molar-refractivity contribution is 0.100. The second kappa shape index (κ2) is 9.03. The number of amides is 1. The minimum Gasteiger partial charge on any atom is -0.366 e. The fourth-order valence-electron chi connectivity index (χ4n) is 5.30. The molecule has 1 amide bonds. The number of anilines is 1. The summed E-state index contributed by atoms with van der Waals surface area (Å²) in [5.41, 5.74) is 10.0. The Morgan fingerprint density at radius 3 is 2.53 bits per heavy atom. The van der Waals surface area contributed by atoms with Gasteiger partial charge >= 0.3 is 0 Å². The van der Waals surface area contributed by atoms with Crippen LogP contribution in [0.25, 0.3) is 22.0 Å². The van der Waals surface area contributed by atoms with Crippen molar-refractivity contribution in [2.24, 2.45) is 5.73 Å². The van der Waals surface area contributed by atoms with Crippen molar-refractivity contribution in [2.75, 3.05) is 36.8 Å². The van der Waals surface area contributed by atoms with Crippen molar-refractivity contribution >= 4 is 32.7 Å². The van der Waals surface area contributed by atoms with Gasteiger partial charge in [-0.25, -0.2) is 17.7 Å². The molecule has 0 unspecified atom stereocenters. The highest BCUT2D eigenvalue weighted by Gasteiger charge is 2.29. The molecule has 0 bridgehead atoms. The Balaban J connectivity index is 1.52. The summed E-state index contributed by atoms with van der Waals surface area (Å²) in [5, 5.41) is 0.975. The zero-order valence-electron chi connectivity index (χ0n) is 19.5. The van der Waals surface area contributed by atoms with Gasteiger partial charge in [0.25, 0.3) is 5.91 Å². The van der Waals surface area contributed by atoms with Gasteiger partial charge in [0, 0.05) is 44.0 Å². The van der Waals surface area contributed by atoms with Crippen molar-refractivity contribution in [1.29, 1.82) is 0 Å². The van der Waals surface area contributed by atoms with E-state index in [-0.39, 0.29) is 11.7 Å². The van der Waals surface area contributed by atoms with Gasteiger partial charge in [0.15, 0.2) is 0 Å². The van der Waals surface area contributed by atoms with Gasteiger partial charge in [0.2, 0.25) is 10.0 Å². The summed E-state index contributed by atoms with van der Waals surface area (Å²) < 4.78 is 26.1. The molecule has 1 aromatic carbocycles. The minimum atomic E-state index is -3.17. The van der Waals surface area contributed by atoms with Crippen LogP contribution >= 0.6 is 0 Å². The maximum atomic E-state index is 12.4. The number of nitrogens with one attached hydrogen (secondary N) is 1. The number of H-pyrrole nitrogens is 1. The van der Waals surface area contributed by atoms with Crippen LogP contribution in [0.3, 0.4) is 0 Å². The van der Waals surface area contributed by atoms with Gasteiger partial charge < -0.3 is 15.6 Å². The molecule has 0 saturated carbocycles. The number of primary amides is 1. The molecule has 9 heteroatoms. The van der Waals surface area contributed by atoms with Crippen LogP contribution in [0.2, 0.25) is 0 Å². The number of hydrogen-bond acceptors (Lipinski definition) is 5. The Morgan fingerprint density at radius 1 is 1.12 bits per heavy atom. The summed E-state index contributed by atoms with van der Waals surface area (Å²) >= 11 is 0. The largest absolute Gasteiger partial charge is 0.366 e. The van der Waals surface area contributed by atoms with E-state index < -0.39 is 15.9 Å². The third-order valence-corrected chi connectivity index (χ3v) is 9.13. The molecule has 2 fully saturated rings. The van der Waals surface area contributed by atoms with Crippen molar-refractivity contribution in [3.8, 4) is 11.1 Å². The zero-order valence-corrected chi connectivity index (χ0v) is 20.3. The fraction of sp³-hybridized carbons (Fsp3) is 0.440. The highest BCUT2D eigenvalue weighted by Crippen LogP contribution is 2.37. The number of aromatic nitrogens is 2. The number of carbonyl (C=O) groups is 1. The van der Waals surface area contributed by atoms with E-state index in [0.717, 1.165) is 59.3 Å². The lowest BCUT2D eigenvalue weighted by Gasteiger charge is -2.31. The van der Waals surface area contributed by atoms with Crippen LogP contribution in [-0.2, 0) is 10.0 Å². The summed E-state index contributed by atoms with van der Waals surface area (Å²) in [4.78, 5) is 22.5. The summed E-state index contributed by atoms with van der Waals surface area (Å²) in [6, 6.07) is 8.01. The summed E-state index contributed by atoms with van der Waals surface area (Å²) in [5.74, 6) is 0.819. The first-order valence-electron chi connectivity index (χ1n) is 12.0. The molecule has 8 nitrogen and oxygen atoms in total. The SMILES string of the molecule is CCS(=O)(=O)N1CCC(c2c[nH]c3c(C(N)=O)cc(-c4ccnc(N5CCCC5)c4)cc23)CC1. The van der Waals surface area contributed by atoms with Crippen LogP contribution in [0.4, 0.5) is 5.82 Å². The Bertz CT molecular complexity index is 1320. The van der Waals surface area contributed by atoms with Crippen LogP contribution < -0.4 is 10.6 Å². The average molecular weight is 482 g/mol. The summed E-state index contributed by atoms with van der Waals surface area (Å²) in [7, 11) is -3.17. The molecule has 2 aliphatic rings. The fourth-order valence-corrected chi connectivity index (χ4v) is 6.43. The number of rotatable bonds is 6. The average Bonchev–Trinajstić information content (AvgIpc) is 3.54. The van der Waals surface area contributed by atoms with E-state index in [9.17, 15) is 13.2 Å². The Morgan fingerprint density at radius 2 is 1.85 bits per heavy atom.